The number of ether oxygens (including phenoxy) is 1. The van der Waals surface area contributed by atoms with Gasteiger partial charge < -0.3 is 14.1 Å². The van der Waals surface area contributed by atoms with Crippen molar-refractivity contribution in [1.82, 2.24) is 9.80 Å². The van der Waals surface area contributed by atoms with Crippen molar-refractivity contribution in [3.05, 3.63) is 75.1 Å². The molecule has 1 aliphatic rings. The molecule has 0 aliphatic carbocycles. The fraction of sp³-hybridized carbons (Fsp3) is 0.304. The van der Waals surface area contributed by atoms with Gasteiger partial charge in [0.2, 0.25) is 0 Å². The summed E-state index contributed by atoms with van der Waals surface area (Å²) in [5, 5.41) is 0.432. The zero-order chi connectivity index (χ0) is 23.6. The van der Waals surface area contributed by atoms with Gasteiger partial charge in [-0.1, -0.05) is 23.7 Å². The van der Waals surface area contributed by atoms with Crippen LogP contribution in [0.1, 0.15) is 11.1 Å². The molecule has 1 saturated heterocycles. The molecular formula is C23H20ClF3N2O4. The lowest BCUT2D eigenvalue weighted by Crippen LogP contribution is -2.49. The highest BCUT2D eigenvalue weighted by molar-refractivity contribution is 6.30. The largest absolute Gasteiger partial charge is 0.484 e. The first-order valence-electron chi connectivity index (χ1n) is 10.2. The molecule has 174 valence electrons. The molecule has 1 aliphatic heterocycles. The molecule has 0 N–H and O–H groups in total. The van der Waals surface area contributed by atoms with Crippen LogP contribution in [0.25, 0.3) is 11.0 Å². The van der Waals surface area contributed by atoms with Gasteiger partial charge in [0.05, 0.1) is 5.56 Å². The van der Waals surface area contributed by atoms with E-state index in [4.69, 9.17) is 20.8 Å². The SMILES string of the molecule is O=C(COc1ccc2c(C(F)(F)F)cc(=O)oc2c1)N1CCN(Cc2ccc(Cl)cc2)CC1. The number of nitrogens with zero attached hydrogens (tertiary/aromatic N) is 2. The van der Waals surface area contributed by atoms with Crippen molar-refractivity contribution >= 4 is 28.5 Å². The number of carbonyl (C=O) groups excluding carboxylic acids is 1. The summed E-state index contributed by atoms with van der Waals surface area (Å²) in [7, 11) is 0. The molecule has 2 heterocycles. The van der Waals surface area contributed by atoms with E-state index in [9.17, 15) is 22.8 Å². The van der Waals surface area contributed by atoms with Crippen LogP contribution in [-0.4, -0.2) is 48.5 Å². The number of benzene rings is 2. The van der Waals surface area contributed by atoms with E-state index >= 15 is 0 Å². The van der Waals surface area contributed by atoms with Gasteiger partial charge in [-0.25, -0.2) is 4.79 Å². The summed E-state index contributed by atoms with van der Waals surface area (Å²) in [5.74, 6) is -0.0913. The minimum absolute atomic E-state index is 0.139. The van der Waals surface area contributed by atoms with Crippen LogP contribution in [0.3, 0.4) is 0 Å². The average molecular weight is 481 g/mol. The normalized spacial score (nSPS) is 15.1. The molecule has 10 heteroatoms. The second kappa shape index (κ2) is 9.44. The van der Waals surface area contributed by atoms with Crippen LogP contribution in [0, 0.1) is 0 Å². The third-order valence-corrected chi connectivity index (χ3v) is 5.68. The Bertz CT molecular complexity index is 1200. The highest BCUT2D eigenvalue weighted by Crippen LogP contribution is 2.34. The molecule has 1 aromatic heterocycles. The Kier molecular flexibility index (Phi) is 6.62. The minimum atomic E-state index is -4.69. The predicted octanol–water partition coefficient (Wildman–Crippen LogP) is 4.19. The summed E-state index contributed by atoms with van der Waals surface area (Å²) in [6, 6.07) is 11.7. The second-order valence-corrected chi connectivity index (χ2v) is 8.14. The van der Waals surface area contributed by atoms with Gasteiger partial charge in [-0.05, 0) is 29.8 Å². The van der Waals surface area contributed by atoms with Gasteiger partial charge >= 0.3 is 11.8 Å². The van der Waals surface area contributed by atoms with Crippen LogP contribution < -0.4 is 10.4 Å². The summed E-state index contributed by atoms with van der Waals surface area (Å²) in [5.41, 5.74) is -1.30. The van der Waals surface area contributed by atoms with Crippen LogP contribution in [0.4, 0.5) is 13.2 Å². The van der Waals surface area contributed by atoms with Crippen molar-refractivity contribution in [2.45, 2.75) is 12.7 Å². The lowest BCUT2D eigenvalue weighted by molar-refractivity contribution is -0.136. The Morgan fingerprint density at radius 3 is 2.39 bits per heavy atom. The molecular weight excluding hydrogens is 461 g/mol. The van der Waals surface area contributed by atoms with Gasteiger partial charge in [-0.15, -0.1) is 0 Å². The van der Waals surface area contributed by atoms with Crippen molar-refractivity contribution in [2.75, 3.05) is 32.8 Å². The summed E-state index contributed by atoms with van der Waals surface area (Å²) < 4.78 is 49.8. The van der Waals surface area contributed by atoms with Gasteiger partial charge in [-0.3, -0.25) is 9.69 Å². The molecule has 33 heavy (non-hydrogen) atoms. The highest BCUT2D eigenvalue weighted by atomic mass is 35.5. The van der Waals surface area contributed by atoms with Gasteiger partial charge in [0.15, 0.2) is 6.61 Å². The Morgan fingerprint density at radius 1 is 1.03 bits per heavy atom. The van der Waals surface area contributed by atoms with Crippen LogP contribution in [0.15, 0.2) is 57.7 Å². The van der Waals surface area contributed by atoms with E-state index in [2.05, 4.69) is 4.90 Å². The molecule has 2 aromatic carbocycles. The molecule has 1 fully saturated rings. The quantitative estimate of drug-likeness (QED) is 0.512. The van der Waals surface area contributed by atoms with Crippen molar-refractivity contribution in [1.29, 1.82) is 0 Å². The molecule has 0 spiro atoms. The van der Waals surface area contributed by atoms with Crippen LogP contribution in [-0.2, 0) is 17.5 Å². The van der Waals surface area contributed by atoms with E-state index in [1.165, 1.54) is 12.1 Å². The zero-order valence-corrected chi connectivity index (χ0v) is 18.2. The molecule has 0 radical (unpaired) electrons. The van der Waals surface area contributed by atoms with Crippen molar-refractivity contribution in [3.8, 4) is 5.75 Å². The Balaban J connectivity index is 1.33. The van der Waals surface area contributed by atoms with Crippen molar-refractivity contribution in [3.63, 3.8) is 0 Å². The third-order valence-electron chi connectivity index (χ3n) is 5.43. The van der Waals surface area contributed by atoms with E-state index in [0.717, 1.165) is 18.2 Å². The first-order valence-corrected chi connectivity index (χ1v) is 10.6. The molecule has 3 aromatic rings. The molecule has 6 nitrogen and oxygen atoms in total. The summed E-state index contributed by atoms with van der Waals surface area (Å²) in [4.78, 5) is 28.0. The van der Waals surface area contributed by atoms with E-state index in [0.29, 0.717) is 37.3 Å². The first kappa shape index (κ1) is 23.1. The van der Waals surface area contributed by atoms with Crippen molar-refractivity contribution < 1.29 is 27.1 Å². The van der Waals surface area contributed by atoms with Gasteiger partial charge in [0.1, 0.15) is 11.3 Å². The number of halogens is 4. The monoisotopic (exact) mass is 480 g/mol. The van der Waals surface area contributed by atoms with Gasteiger partial charge in [-0.2, -0.15) is 13.2 Å². The number of fused-ring (bicyclic) bond motifs is 1. The summed E-state index contributed by atoms with van der Waals surface area (Å²) >= 11 is 5.91. The molecule has 1 amide bonds. The average Bonchev–Trinajstić information content (AvgIpc) is 2.78. The molecule has 0 atom stereocenters. The number of hydrogen-bond donors (Lipinski definition) is 0. The lowest BCUT2D eigenvalue weighted by atomic mass is 10.1. The molecule has 0 saturated carbocycles. The van der Waals surface area contributed by atoms with Crippen molar-refractivity contribution in [2.24, 2.45) is 0 Å². The fourth-order valence-corrected chi connectivity index (χ4v) is 3.83. The van der Waals surface area contributed by atoms with E-state index in [-0.39, 0.29) is 29.2 Å². The van der Waals surface area contributed by atoms with Crippen LogP contribution in [0.2, 0.25) is 5.02 Å². The second-order valence-electron chi connectivity index (χ2n) is 7.71. The number of carbonyl (C=O) groups is 1. The summed E-state index contributed by atoms with van der Waals surface area (Å²) in [6.45, 7) is 2.98. The Morgan fingerprint density at radius 2 is 1.73 bits per heavy atom. The predicted molar refractivity (Wildman–Crippen MR) is 116 cm³/mol. The van der Waals surface area contributed by atoms with Crippen LogP contribution >= 0.6 is 11.6 Å². The first-order chi connectivity index (χ1) is 15.7. The molecule has 0 unspecified atom stereocenters. The number of piperazine rings is 1. The fourth-order valence-electron chi connectivity index (χ4n) is 3.71. The smallest absolute Gasteiger partial charge is 0.417 e. The maximum Gasteiger partial charge on any atom is 0.417 e. The maximum atomic E-state index is 13.2. The van der Waals surface area contributed by atoms with Gasteiger partial charge in [0.25, 0.3) is 5.91 Å². The van der Waals surface area contributed by atoms with E-state index < -0.39 is 17.4 Å². The zero-order valence-electron chi connectivity index (χ0n) is 17.4. The topological polar surface area (TPSA) is 63.0 Å². The number of amides is 1. The van der Waals surface area contributed by atoms with Gasteiger partial charge in [0, 0.05) is 55.3 Å². The number of rotatable bonds is 5. The Labute approximate surface area is 192 Å². The van der Waals surface area contributed by atoms with E-state index in [1.807, 2.05) is 24.3 Å². The highest BCUT2D eigenvalue weighted by Gasteiger charge is 2.34. The molecule has 4 rings (SSSR count). The lowest BCUT2D eigenvalue weighted by Gasteiger charge is -2.34. The third kappa shape index (κ3) is 5.66. The summed E-state index contributed by atoms with van der Waals surface area (Å²) in [6.07, 6.45) is -4.69. The minimum Gasteiger partial charge on any atom is -0.484 e. The van der Waals surface area contributed by atoms with E-state index in [1.54, 1.807) is 4.90 Å². The number of alkyl halides is 3. The van der Waals surface area contributed by atoms with Crippen LogP contribution in [0.5, 0.6) is 5.75 Å². The molecule has 0 bridgehead atoms. The maximum absolute atomic E-state index is 13.2. The Hall–Kier alpha value is -3.04. The number of hydrogen-bond acceptors (Lipinski definition) is 5. The standard InChI is InChI=1S/C23H20ClF3N2O4/c24-16-3-1-15(2-4-16)13-28-7-9-29(10-8-28)21(30)14-32-17-5-6-18-19(23(25,26)27)12-22(31)33-20(18)11-17/h1-6,11-12H,7-10,13-14H2.